The van der Waals surface area contributed by atoms with Crippen LogP contribution in [0.1, 0.15) is 18.9 Å². The van der Waals surface area contributed by atoms with Gasteiger partial charge in [0.2, 0.25) is 12.2 Å². The highest BCUT2D eigenvalue weighted by Gasteiger charge is 2.43. The average molecular weight is 419 g/mol. The summed E-state index contributed by atoms with van der Waals surface area (Å²) in [7, 11) is 1.56. The number of hydrogen-bond donors (Lipinski definition) is 4. The summed E-state index contributed by atoms with van der Waals surface area (Å²) in [5.41, 5.74) is 2.11. The zero-order chi connectivity index (χ0) is 21.8. The van der Waals surface area contributed by atoms with Crippen LogP contribution in [0.25, 0.3) is 11.1 Å². The number of hydrogen-bond acceptors (Lipinski definition) is 6. The van der Waals surface area contributed by atoms with E-state index in [9.17, 15) is 24.5 Å². The Bertz CT molecular complexity index is 892. The van der Waals surface area contributed by atoms with Gasteiger partial charge in [0.25, 0.3) is 0 Å². The molecule has 1 heterocycles. The lowest BCUT2D eigenvalue weighted by atomic mass is 9.96. The molecule has 3 rings (SSSR count). The molecule has 0 aliphatic carbocycles. The third kappa shape index (κ3) is 4.96. The minimum absolute atomic E-state index is 0.110. The monoisotopic (exact) mass is 419 g/mol. The number of aliphatic hydroxyl groups excluding tert-OH is 3. The van der Waals surface area contributed by atoms with Crippen LogP contribution in [0.3, 0.4) is 0 Å². The number of carbonyl (C=O) groups is 1. The van der Waals surface area contributed by atoms with Crippen LogP contribution in [0.2, 0.25) is 0 Å². The number of aryl methyl sites for hydroxylation is 1. The zero-order valence-electron chi connectivity index (χ0n) is 16.8. The van der Waals surface area contributed by atoms with E-state index in [4.69, 9.17) is 9.47 Å². The number of aliphatic hydroxyl groups is 3. The number of rotatable bonds is 6. The van der Waals surface area contributed by atoms with Gasteiger partial charge in [-0.25, -0.2) is 4.39 Å². The molecular formula is C22H26FNO6. The lowest BCUT2D eigenvalue weighted by Crippen LogP contribution is -2.58. The first kappa shape index (κ1) is 22.2. The van der Waals surface area contributed by atoms with E-state index < -0.39 is 36.5 Å². The molecule has 2 aromatic carbocycles. The maximum atomic E-state index is 13.8. The summed E-state index contributed by atoms with van der Waals surface area (Å²) in [5, 5.41) is 32.6. The second-order valence-electron chi connectivity index (χ2n) is 7.30. The first-order valence-electron chi connectivity index (χ1n) is 9.76. The number of ether oxygens (including phenoxy) is 2. The van der Waals surface area contributed by atoms with Crippen molar-refractivity contribution in [1.82, 2.24) is 5.32 Å². The van der Waals surface area contributed by atoms with Crippen molar-refractivity contribution in [2.75, 3.05) is 7.05 Å². The van der Waals surface area contributed by atoms with E-state index in [0.29, 0.717) is 23.3 Å². The second-order valence-corrected chi connectivity index (χ2v) is 7.30. The maximum absolute atomic E-state index is 13.8. The normalized spacial score (nSPS) is 26.3. The predicted octanol–water partition coefficient (Wildman–Crippen LogP) is 1.38. The number of amides is 1. The Labute approximate surface area is 174 Å². The standard InChI is InChI=1S/C22H26FNO6/c1-12-19(26)20(27)21(28)22(29-12)30-16-8-6-13(7-9-18(25)24-2)17(11-16)14-4-3-5-15(23)10-14/h3-6,8,10-12,19-22,26-28H,7,9H2,1-2H3,(H,24,25)/t12-,19-,20+,21+,22-/m0/s1. The van der Waals surface area contributed by atoms with Crippen LogP contribution in [0.5, 0.6) is 5.75 Å². The number of nitrogens with one attached hydrogen (secondary N) is 1. The van der Waals surface area contributed by atoms with Gasteiger partial charge in [-0.05, 0) is 54.3 Å². The summed E-state index contributed by atoms with van der Waals surface area (Å²) >= 11 is 0. The van der Waals surface area contributed by atoms with Gasteiger partial charge in [0.05, 0.1) is 6.10 Å². The number of carbonyl (C=O) groups excluding carboxylic acids is 1. The molecule has 30 heavy (non-hydrogen) atoms. The average Bonchev–Trinajstić information content (AvgIpc) is 2.74. The Kier molecular flexibility index (Phi) is 7.04. The van der Waals surface area contributed by atoms with Crippen LogP contribution < -0.4 is 10.1 Å². The molecule has 0 bridgehead atoms. The molecule has 2 aromatic rings. The zero-order valence-corrected chi connectivity index (χ0v) is 16.8. The third-order valence-electron chi connectivity index (χ3n) is 5.18. The van der Waals surface area contributed by atoms with Crippen molar-refractivity contribution in [3.63, 3.8) is 0 Å². The summed E-state index contributed by atoms with van der Waals surface area (Å²) in [4.78, 5) is 11.7. The number of benzene rings is 2. The van der Waals surface area contributed by atoms with Gasteiger partial charge in [0.15, 0.2) is 0 Å². The molecule has 0 saturated carbocycles. The van der Waals surface area contributed by atoms with E-state index in [2.05, 4.69) is 5.32 Å². The summed E-state index contributed by atoms with van der Waals surface area (Å²) in [5.74, 6) is -0.174. The van der Waals surface area contributed by atoms with Crippen molar-refractivity contribution in [2.24, 2.45) is 0 Å². The van der Waals surface area contributed by atoms with Crippen LogP contribution in [-0.2, 0) is 16.0 Å². The molecule has 0 aromatic heterocycles. The topological polar surface area (TPSA) is 108 Å². The van der Waals surface area contributed by atoms with Crippen LogP contribution in [0, 0.1) is 5.82 Å². The van der Waals surface area contributed by atoms with Gasteiger partial charge in [0, 0.05) is 13.5 Å². The molecule has 5 atom stereocenters. The SMILES string of the molecule is CNC(=O)CCc1ccc(O[C@@H]2O[C@@H](C)[C@H](O)[C@@H](O)[C@H]2O)cc1-c1cccc(F)c1. The van der Waals surface area contributed by atoms with Gasteiger partial charge in [-0.3, -0.25) is 4.79 Å². The lowest BCUT2D eigenvalue weighted by molar-refractivity contribution is -0.268. The molecule has 1 saturated heterocycles. The molecule has 1 fully saturated rings. The highest BCUT2D eigenvalue weighted by molar-refractivity contribution is 5.77. The van der Waals surface area contributed by atoms with E-state index in [1.54, 1.807) is 44.3 Å². The lowest BCUT2D eigenvalue weighted by Gasteiger charge is -2.38. The predicted molar refractivity (Wildman–Crippen MR) is 107 cm³/mol. The summed E-state index contributed by atoms with van der Waals surface area (Å²) in [6.45, 7) is 1.57. The minimum atomic E-state index is -1.44. The van der Waals surface area contributed by atoms with Gasteiger partial charge in [0.1, 0.15) is 29.9 Å². The maximum Gasteiger partial charge on any atom is 0.229 e. The Hall–Kier alpha value is -2.52. The van der Waals surface area contributed by atoms with Gasteiger partial charge >= 0.3 is 0 Å². The van der Waals surface area contributed by atoms with Crippen molar-refractivity contribution in [3.8, 4) is 16.9 Å². The molecule has 1 aliphatic rings. The molecule has 162 valence electrons. The minimum Gasteiger partial charge on any atom is -0.462 e. The summed E-state index contributed by atoms with van der Waals surface area (Å²) in [6, 6.07) is 11.2. The third-order valence-corrected chi connectivity index (χ3v) is 5.18. The van der Waals surface area contributed by atoms with Crippen molar-refractivity contribution < 1.29 is 34.0 Å². The molecule has 1 aliphatic heterocycles. The van der Waals surface area contributed by atoms with E-state index in [1.807, 2.05) is 0 Å². The van der Waals surface area contributed by atoms with E-state index in [1.165, 1.54) is 12.1 Å². The second kappa shape index (κ2) is 9.53. The molecule has 0 spiro atoms. The Morgan fingerprint density at radius 3 is 2.60 bits per heavy atom. The van der Waals surface area contributed by atoms with E-state index >= 15 is 0 Å². The van der Waals surface area contributed by atoms with Crippen molar-refractivity contribution in [2.45, 2.75) is 50.5 Å². The van der Waals surface area contributed by atoms with Gasteiger partial charge in [-0.15, -0.1) is 0 Å². The number of halogens is 1. The fourth-order valence-corrected chi connectivity index (χ4v) is 3.39. The van der Waals surface area contributed by atoms with Crippen LogP contribution in [0.4, 0.5) is 4.39 Å². The van der Waals surface area contributed by atoms with Crippen LogP contribution in [-0.4, -0.2) is 59.0 Å². The van der Waals surface area contributed by atoms with Crippen molar-refractivity contribution in [1.29, 1.82) is 0 Å². The summed E-state index contributed by atoms with van der Waals surface area (Å²) < 4.78 is 25.0. The Morgan fingerprint density at radius 2 is 1.90 bits per heavy atom. The molecule has 8 heteroatoms. The van der Waals surface area contributed by atoms with Gasteiger partial charge in [-0.2, -0.15) is 0 Å². The highest BCUT2D eigenvalue weighted by atomic mass is 19.1. The molecule has 4 N–H and O–H groups in total. The first-order valence-corrected chi connectivity index (χ1v) is 9.76. The molecule has 0 unspecified atom stereocenters. The fourth-order valence-electron chi connectivity index (χ4n) is 3.39. The van der Waals surface area contributed by atoms with Crippen LogP contribution in [0.15, 0.2) is 42.5 Å². The smallest absolute Gasteiger partial charge is 0.229 e. The quantitative estimate of drug-likeness (QED) is 0.564. The Morgan fingerprint density at radius 1 is 1.13 bits per heavy atom. The largest absolute Gasteiger partial charge is 0.462 e. The first-order chi connectivity index (χ1) is 14.3. The molecule has 0 radical (unpaired) electrons. The summed E-state index contributed by atoms with van der Waals surface area (Å²) in [6.07, 6.45) is -5.29. The van der Waals surface area contributed by atoms with Crippen LogP contribution >= 0.6 is 0 Å². The fraction of sp³-hybridized carbons (Fsp3) is 0.409. The highest BCUT2D eigenvalue weighted by Crippen LogP contribution is 2.31. The van der Waals surface area contributed by atoms with Gasteiger partial charge < -0.3 is 30.1 Å². The van der Waals surface area contributed by atoms with E-state index in [-0.39, 0.29) is 12.3 Å². The molecule has 7 nitrogen and oxygen atoms in total. The molecule has 1 amide bonds. The van der Waals surface area contributed by atoms with Gasteiger partial charge in [-0.1, -0.05) is 18.2 Å². The van der Waals surface area contributed by atoms with Crippen molar-refractivity contribution >= 4 is 5.91 Å². The van der Waals surface area contributed by atoms with Crippen molar-refractivity contribution in [3.05, 3.63) is 53.8 Å². The Balaban J connectivity index is 1.89. The van der Waals surface area contributed by atoms with E-state index in [0.717, 1.165) is 5.56 Å². The molecular weight excluding hydrogens is 393 g/mol.